The van der Waals surface area contributed by atoms with Crippen molar-refractivity contribution in [2.45, 2.75) is 37.6 Å². The van der Waals surface area contributed by atoms with Gasteiger partial charge >= 0.3 is 0 Å². The Kier molecular flexibility index (Phi) is 7.28. The van der Waals surface area contributed by atoms with Crippen molar-refractivity contribution in [3.63, 3.8) is 0 Å². The van der Waals surface area contributed by atoms with E-state index in [0.29, 0.717) is 29.9 Å². The Morgan fingerprint density at radius 3 is 2.53 bits per heavy atom. The summed E-state index contributed by atoms with van der Waals surface area (Å²) in [5, 5.41) is 3.90. The Labute approximate surface area is 210 Å². The fourth-order valence-corrected chi connectivity index (χ4v) is 6.42. The predicted octanol–water partition coefficient (Wildman–Crippen LogP) is 4.85. The summed E-state index contributed by atoms with van der Waals surface area (Å²) in [5.74, 6) is -0.258. The molecule has 0 bridgehead atoms. The number of anilines is 1. The number of aryl methyl sites for hydroxylation is 1. The van der Waals surface area contributed by atoms with Crippen LogP contribution in [-0.4, -0.2) is 38.3 Å². The molecule has 3 aromatic rings. The van der Waals surface area contributed by atoms with Gasteiger partial charge in [0.25, 0.3) is 10.0 Å². The molecule has 0 fully saturated rings. The third kappa shape index (κ3) is 4.98. The maximum absolute atomic E-state index is 13.7. The number of carbonyl (C=O) groups excluding carboxylic acids is 1. The Morgan fingerprint density at radius 2 is 1.85 bits per heavy atom. The van der Waals surface area contributed by atoms with Gasteiger partial charge in [0.05, 0.1) is 38.4 Å². The van der Waals surface area contributed by atoms with Gasteiger partial charge in [-0.3, -0.25) is 14.1 Å². The molecule has 1 unspecified atom stereocenters. The molecule has 34 heavy (non-hydrogen) atoms. The van der Waals surface area contributed by atoms with Gasteiger partial charge in [-0.2, -0.15) is 0 Å². The number of hydrogen-bond donors (Lipinski definition) is 1. The van der Waals surface area contributed by atoms with Crippen molar-refractivity contribution in [1.82, 2.24) is 10.3 Å². The first-order valence-electron chi connectivity index (χ1n) is 11.0. The molecule has 0 aliphatic carbocycles. The van der Waals surface area contributed by atoms with Crippen LogP contribution in [0.3, 0.4) is 0 Å². The molecule has 6 nitrogen and oxygen atoms in total. The molecule has 0 amide bonds. The number of pyridine rings is 1. The van der Waals surface area contributed by atoms with Crippen molar-refractivity contribution in [1.29, 1.82) is 0 Å². The van der Waals surface area contributed by atoms with Crippen molar-refractivity contribution in [3.05, 3.63) is 87.2 Å². The molecular formula is C25H25Cl2N3O3S. The van der Waals surface area contributed by atoms with Crippen molar-refractivity contribution < 1.29 is 13.2 Å². The lowest BCUT2D eigenvalue weighted by Crippen LogP contribution is -2.48. The van der Waals surface area contributed by atoms with E-state index < -0.39 is 10.0 Å². The number of benzene rings is 2. The summed E-state index contributed by atoms with van der Waals surface area (Å²) >= 11 is 12.4. The molecule has 2 aromatic carbocycles. The van der Waals surface area contributed by atoms with E-state index in [1.807, 2.05) is 19.9 Å². The van der Waals surface area contributed by atoms with Gasteiger partial charge in [-0.15, -0.1) is 0 Å². The summed E-state index contributed by atoms with van der Waals surface area (Å²) in [5.41, 5.74) is 2.85. The highest BCUT2D eigenvalue weighted by Crippen LogP contribution is 2.33. The summed E-state index contributed by atoms with van der Waals surface area (Å²) in [7, 11) is -3.83. The smallest absolute Gasteiger partial charge is 0.264 e. The Hall–Kier alpha value is -2.45. The minimum absolute atomic E-state index is 0.00129. The van der Waals surface area contributed by atoms with Crippen LogP contribution in [0.15, 0.2) is 59.6 Å². The second kappa shape index (κ2) is 10.0. The van der Waals surface area contributed by atoms with E-state index >= 15 is 0 Å². The highest BCUT2D eigenvalue weighted by Gasteiger charge is 2.34. The standard InChI is InChI=1S/C25H25Cl2N3O3S/c1-3-28-18-13-22-23(30(15-18)34(32,33)19-7-4-6-16(2)10-19)11-17(14-29-22)12-24(31)25-20(26)8-5-9-21(25)27/h4-11,14,18,28H,3,12-13,15H2,1-2H3. The molecule has 4 rings (SSSR count). The topological polar surface area (TPSA) is 79.4 Å². The van der Waals surface area contributed by atoms with E-state index in [4.69, 9.17) is 23.2 Å². The number of likely N-dealkylation sites (N-methyl/N-ethyl adjacent to an activating group) is 1. The number of carbonyl (C=O) groups is 1. The number of nitrogens with one attached hydrogen (secondary N) is 1. The Bertz CT molecular complexity index is 1320. The van der Waals surface area contributed by atoms with E-state index in [-0.39, 0.29) is 45.3 Å². The number of sulfonamides is 1. The highest BCUT2D eigenvalue weighted by atomic mass is 35.5. The van der Waals surface area contributed by atoms with Gasteiger partial charge < -0.3 is 5.32 Å². The summed E-state index contributed by atoms with van der Waals surface area (Å²) in [4.78, 5) is 17.7. The van der Waals surface area contributed by atoms with Gasteiger partial charge in [-0.1, -0.05) is 48.3 Å². The lowest BCUT2D eigenvalue weighted by Gasteiger charge is -2.35. The second-order valence-electron chi connectivity index (χ2n) is 8.32. The predicted molar refractivity (Wildman–Crippen MR) is 136 cm³/mol. The highest BCUT2D eigenvalue weighted by molar-refractivity contribution is 7.92. The lowest BCUT2D eigenvalue weighted by molar-refractivity contribution is 0.0993. The minimum atomic E-state index is -3.83. The van der Waals surface area contributed by atoms with Crippen LogP contribution in [-0.2, 0) is 22.9 Å². The number of fused-ring (bicyclic) bond motifs is 1. The lowest BCUT2D eigenvalue weighted by atomic mass is 10.00. The Balaban J connectivity index is 1.73. The van der Waals surface area contributed by atoms with Crippen LogP contribution in [0, 0.1) is 6.92 Å². The summed E-state index contributed by atoms with van der Waals surface area (Å²) < 4.78 is 28.7. The second-order valence-corrected chi connectivity index (χ2v) is 11.0. The molecule has 178 valence electrons. The van der Waals surface area contributed by atoms with Gasteiger partial charge in [0, 0.05) is 25.1 Å². The molecule has 0 saturated heterocycles. The molecule has 9 heteroatoms. The molecular weight excluding hydrogens is 493 g/mol. The first-order chi connectivity index (χ1) is 16.2. The van der Waals surface area contributed by atoms with Crippen LogP contribution >= 0.6 is 23.2 Å². The van der Waals surface area contributed by atoms with E-state index in [9.17, 15) is 13.2 Å². The number of hydrogen-bond acceptors (Lipinski definition) is 5. The minimum Gasteiger partial charge on any atom is -0.312 e. The van der Waals surface area contributed by atoms with E-state index in [1.165, 1.54) is 4.31 Å². The van der Waals surface area contributed by atoms with Gasteiger partial charge in [0.2, 0.25) is 0 Å². The number of rotatable bonds is 7. The van der Waals surface area contributed by atoms with Crippen LogP contribution in [0.5, 0.6) is 0 Å². The molecule has 2 heterocycles. The number of aromatic nitrogens is 1. The van der Waals surface area contributed by atoms with Crippen molar-refractivity contribution in [2.24, 2.45) is 0 Å². The normalized spacial score (nSPS) is 15.8. The number of ketones is 1. The quantitative estimate of drug-likeness (QED) is 0.453. The third-order valence-electron chi connectivity index (χ3n) is 5.78. The summed E-state index contributed by atoms with van der Waals surface area (Å²) in [6, 6.07) is 13.4. The first-order valence-corrected chi connectivity index (χ1v) is 13.2. The average Bonchev–Trinajstić information content (AvgIpc) is 2.79. The van der Waals surface area contributed by atoms with Crippen LogP contribution in [0.25, 0.3) is 0 Å². The van der Waals surface area contributed by atoms with Crippen LogP contribution in [0.4, 0.5) is 5.69 Å². The van der Waals surface area contributed by atoms with E-state index in [2.05, 4.69) is 10.3 Å². The zero-order valence-electron chi connectivity index (χ0n) is 18.9. The van der Waals surface area contributed by atoms with Gasteiger partial charge in [-0.05, 0) is 54.9 Å². The molecule has 1 atom stereocenters. The summed E-state index contributed by atoms with van der Waals surface area (Å²) in [6.45, 7) is 4.82. The van der Waals surface area contributed by atoms with Gasteiger partial charge in [0.1, 0.15) is 0 Å². The van der Waals surface area contributed by atoms with Crippen molar-refractivity contribution in [3.8, 4) is 0 Å². The first kappa shape index (κ1) is 24.7. The van der Waals surface area contributed by atoms with Crippen LogP contribution in [0.2, 0.25) is 10.0 Å². The van der Waals surface area contributed by atoms with Crippen molar-refractivity contribution in [2.75, 3.05) is 17.4 Å². The summed E-state index contributed by atoms with van der Waals surface area (Å²) in [6.07, 6.45) is 2.21. The molecule has 0 saturated carbocycles. The largest absolute Gasteiger partial charge is 0.312 e. The maximum atomic E-state index is 13.7. The molecule has 1 aromatic heterocycles. The molecule has 0 radical (unpaired) electrons. The van der Waals surface area contributed by atoms with Crippen LogP contribution < -0.4 is 9.62 Å². The number of nitrogens with zero attached hydrogens (tertiary/aromatic N) is 2. The van der Waals surface area contributed by atoms with Gasteiger partial charge in [-0.25, -0.2) is 8.42 Å². The zero-order valence-corrected chi connectivity index (χ0v) is 21.2. The maximum Gasteiger partial charge on any atom is 0.264 e. The molecule has 0 spiro atoms. The zero-order chi connectivity index (χ0) is 24.5. The molecule has 1 N–H and O–H groups in total. The van der Waals surface area contributed by atoms with Gasteiger partial charge in [0.15, 0.2) is 5.78 Å². The van der Waals surface area contributed by atoms with E-state index in [0.717, 1.165) is 5.56 Å². The Morgan fingerprint density at radius 1 is 1.15 bits per heavy atom. The van der Waals surface area contributed by atoms with Crippen molar-refractivity contribution >= 4 is 44.7 Å². The fourth-order valence-electron chi connectivity index (χ4n) is 4.18. The van der Waals surface area contributed by atoms with E-state index in [1.54, 1.807) is 48.7 Å². The monoisotopic (exact) mass is 517 g/mol. The van der Waals surface area contributed by atoms with Crippen LogP contribution in [0.1, 0.15) is 34.1 Å². The molecule has 1 aliphatic heterocycles. The number of Topliss-reactive ketones (excluding diaryl/α,β-unsaturated/α-hetero) is 1. The SMILES string of the molecule is CCNC1Cc2ncc(CC(=O)c3c(Cl)cccc3Cl)cc2N(S(=O)(=O)c2cccc(C)c2)C1. The molecule has 1 aliphatic rings. The average molecular weight is 518 g/mol. The number of halogens is 2. The third-order valence-corrected chi connectivity index (χ3v) is 8.18. The fraction of sp³-hybridized carbons (Fsp3) is 0.280.